The minimum Gasteiger partial charge on any atom is -0.493 e. The number of nitrogens with zero attached hydrogens (tertiary/aromatic N) is 3. The number of pyridine rings is 3. The van der Waals surface area contributed by atoms with Crippen molar-refractivity contribution in [3.8, 4) is 16.9 Å². The minimum absolute atomic E-state index is 0.151. The number of carbonyl (C=O) groups excluding carboxylic acids is 1. The van der Waals surface area contributed by atoms with Crippen molar-refractivity contribution < 1.29 is 9.53 Å². The summed E-state index contributed by atoms with van der Waals surface area (Å²) in [5.74, 6) is 1.01. The van der Waals surface area contributed by atoms with Gasteiger partial charge in [-0.15, -0.1) is 0 Å². The van der Waals surface area contributed by atoms with E-state index in [1.54, 1.807) is 17.0 Å². The van der Waals surface area contributed by atoms with Crippen LogP contribution in [0.3, 0.4) is 0 Å². The summed E-state index contributed by atoms with van der Waals surface area (Å²) < 4.78 is 7.67. The van der Waals surface area contributed by atoms with Gasteiger partial charge in [-0.25, -0.2) is 9.78 Å². The summed E-state index contributed by atoms with van der Waals surface area (Å²) in [6, 6.07) is 22.7. The van der Waals surface area contributed by atoms with Crippen LogP contribution < -0.4 is 20.9 Å². The number of amides is 2. The van der Waals surface area contributed by atoms with Crippen molar-refractivity contribution in [3.63, 3.8) is 0 Å². The summed E-state index contributed by atoms with van der Waals surface area (Å²) in [7, 11) is 0. The summed E-state index contributed by atoms with van der Waals surface area (Å²) in [4.78, 5) is 37.1. The smallest absolute Gasteiger partial charge is 0.323 e. The maximum absolute atomic E-state index is 14.3. The molecule has 0 saturated heterocycles. The number of hydrogen-bond donors (Lipinski definition) is 2. The van der Waals surface area contributed by atoms with Crippen LogP contribution in [-0.2, 0) is 13.0 Å². The third-order valence-corrected chi connectivity index (χ3v) is 7.77. The first-order valence-corrected chi connectivity index (χ1v) is 15.6. The molecule has 3 aromatic heterocycles. The number of urea groups is 1. The largest absolute Gasteiger partial charge is 0.493 e. The lowest BCUT2D eigenvalue weighted by molar-refractivity contribution is 0.262. The third kappa shape index (κ3) is 7.18. The summed E-state index contributed by atoms with van der Waals surface area (Å²) in [6.07, 6.45) is 4.08. The quantitative estimate of drug-likeness (QED) is 0.145. The van der Waals surface area contributed by atoms with Gasteiger partial charge in [-0.05, 0) is 71.8 Å². The SMILES string of the molecule is C=C(C)Cn1c(=O)c(NC(=O)Nc2c(C(C)C)cccc2C(C)C)c(-c2cccc(OCCc3ccccn3)c2)c2cccnc21. The molecule has 8 nitrogen and oxygen atoms in total. The highest BCUT2D eigenvalue weighted by Crippen LogP contribution is 2.36. The van der Waals surface area contributed by atoms with E-state index in [-0.39, 0.29) is 29.6 Å². The molecule has 0 spiro atoms. The Hall–Kier alpha value is -5.24. The second kappa shape index (κ2) is 14.2. The standard InChI is InChI=1S/C38H41N5O3/c1-24(2)23-43-36-32(17-11-20-40-36)33(27-12-9-14-29(22-27)46-21-18-28-13-7-8-19-39-28)35(37(43)44)42-38(45)41-34-30(25(3)4)15-10-16-31(34)26(5)6/h7-17,19-20,22,25-26H,1,18,21,23H2,2-6H3,(H2,41,42,45). The summed E-state index contributed by atoms with van der Waals surface area (Å²) in [5, 5.41) is 6.77. The lowest BCUT2D eigenvalue weighted by Gasteiger charge is -2.22. The number of nitrogens with one attached hydrogen (secondary N) is 2. The maximum atomic E-state index is 14.3. The van der Waals surface area contributed by atoms with Gasteiger partial charge in [0.05, 0.1) is 6.61 Å². The molecule has 236 valence electrons. The van der Waals surface area contributed by atoms with Gasteiger partial charge in [0.25, 0.3) is 5.56 Å². The van der Waals surface area contributed by atoms with Crippen LogP contribution in [0.1, 0.15) is 63.3 Å². The summed E-state index contributed by atoms with van der Waals surface area (Å²) in [6.45, 7) is 15.0. The number of carbonyl (C=O) groups is 1. The van der Waals surface area contributed by atoms with Crippen molar-refractivity contribution in [1.29, 1.82) is 0 Å². The van der Waals surface area contributed by atoms with E-state index in [4.69, 9.17) is 4.74 Å². The van der Waals surface area contributed by atoms with Gasteiger partial charge < -0.3 is 15.4 Å². The number of rotatable bonds is 11. The first-order chi connectivity index (χ1) is 22.1. The first-order valence-electron chi connectivity index (χ1n) is 15.6. The second-order valence-corrected chi connectivity index (χ2v) is 12.1. The molecule has 0 fully saturated rings. The molecule has 0 radical (unpaired) electrons. The van der Waals surface area contributed by atoms with Crippen LogP contribution in [0.25, 0.3) is 22.2 Å². The van der Waals surface area contributed by atoms with Crippen LogP contribution in [-0.4, -0.2) is 27.2 Å². The molecule has 0 atom stereocenters. The van der Waals surface area contributed by atoms with Gasteiger partial charge in [0.2, 0.25) is 0 Å². The van der Waals surface area contributed by atoms with Crippen LogP contribution in [0.5, 0.6) is 5.75 Å². The lowest BCUT2D eigenvalue weighted by atomic mass is 9.93. The molecule has 2 amide bonds. The number of fused-ring (bicyclic) bond motifs is 1. The monoisotopic (exact) mass is 615 g/mol. The highest BCUT2D eigenvalue weighted by Gasteiger charge is 2.23. The van der Waals surface area contributed by atoms with Gasteiger partial charge in [0.1, 0.15) is 17.1 Å². The Morgan fingerprint density at radius 3 is 2.24 bits per heavy atom. The molecule has 8 heteroatoms. The van der Waals surface area contributed by atoms with E-state index in [9.17, 15) is 9.59 Å². The predicted octanol–water partition coefficient (Wildman–Crippen LogP) is 8.55. The Morgan fingerprint density at radius 1 is 0.870 bits per heavy atom. The highest BCUT2D eigenvalue weighted by molar-refractivity contribution is 6.07. The molecule has 0 bridgehead atoms. The van der Waals surface area contributed by atoms with Crippen molar-refractivity contribution in [3.05, 3.63) is 125 Å². The van der Waals surface area contributed by atoms with E-state index in [2.05, 4.69) is 54.9 Å². The van der Waals surface area contributed by atoms with E-state index in [1.165, 1.54) is 0 Å². The first kappa shape index (κ1) is 32.2. The minimum atomic E-state index is -0.499. The van der Waals surface area contributed by atoms with Gasteiger partial charge in [0.15, 0.2) is 0 Å². The van der Waals surface area contributed by atoms with Gasteiger partial charge in [0, 0.05) is 47.7 Å². The highest BCUT2D eigenvalue weighted by atomic mass is 16.5. The number of para-hydroxylation sites is 1. The zero-order chi connectivity index (χ0) is 32.8. The molecule has 0 saturated carbocycles. The van der Waals surface area contributed by atoms with Crippen LogP contribution in [0.15, 0.2) is 102 Å². The molecular formula is C38H41N5O3. The van der Waals surface area contributed by atoms with Crippen molar-refractivity contribution in [2.75, 3.05) is 17.2 Å². The second-order valence-electron chi connectivity index (χ2n) is 12.1. The summed E-state index contributed by atoms with van der Waals surface area (Å²) >= 11 is 0. The van der Waals surface area contributed by atoms with E-state index in [0.717, 1.165) is 33.5 Å². The van der Waals surface area contributed by atoms with Crippen molar-refractivity contribution in [1.82, 2.24) is 14.5 Å². The Morgan fingerprint density at radius 2 is 1.57 bits per heavy atom. The average Bonchev–Trinajstić information content (AvgIpc) is 3.03. The molecule has 3 heterocycles. The Balaban J connectivity index is 1.59. The fourth-order valence-corrected chi connectivity index (χ4v) is 5.63. The van der Waals surface area contributed by atoms with Crippen molar-refractivity contribution >= 4 is 28.4 Å². The van der Waals surface area contributed by atoms with E-state index >= 15 is 0 Å². The summed E-state index contributed by atoms with van der Waals surface area (Å²) in [5.41, 5.74) is 6.11. The van der Waals surface area contributed by atoms with Gasteiger partial charge in [-0.1, -0.05) is 76.2 Å². The van der Waals surface area contributed by atoms with Crippen LogP contribution in [0.4, 0.5) is 16.2 Å². The number of anilines is 2. The van der Waals surface area contributed by atoms with Gasteiger partial charge >= 0.3 is 6.03 Å². The molecule has 0 aliphatic carbocycles. The fourth-order valence-electron chi connectivity index (χ4n) is 5.63. The normalized spacial score (nSPS) is 11.2. The topological polar surface area (TPSA) is 98.1 Å². The zero-order valence-electron chi connectivity index (χ0n) is 27.1. The zero-order valence-corrected chi connectivity index (χ0v) is 27.1. The molecule has 46 heavy (non-hydrogen) atoms. The number of aromatic nitrogens is 3. The van der Waals surface area contributed by atoms with Crippen LogP contribution >= 0.6 is 0 Å². The molecule has 2 N–H and O–H groups in total. The number of hydrogen-bond acceptors (Lipinski definition) is 5. The molecule has 5 aromatic rings. The Bertz CT molecular complexity index is 1900. The van der Waals surface area contributed by atoms with Crippen molar-refractivity contribution in [2.24, 2.45) is 0 Å². The van der Waals surface area contributed by atoms with Crippen LogP contribution in [0.2, 0.25) is 0 Å². The Kier molecular flexibility index (Phi) is 9.96. The molecule has 5 rings (SSSR count). The number of ether oxygens (including phenoxy) is 1. The molecule has 0 aliphatic heterocycles. The van der Waals surface area contributed by atoms with Gasteiger partial charge in [-0.2, -0.15) is 0 Å². The number of allylic oxidation sites excluding steroid dienone is 1. The Labute approximate surface area is 270 Å². The molecular weight excluding hydrogens is 574 g/mol. The lowest BCUT2D eigenvalue weighted by Crippen LogP contribution is -2.30. The molecule has 0 unspecified atom stereocenters. The average molecular weight is 616 g/mol. The van der Waals surface area contributed by atoms with E-state index in [0.29, 0.717) is 35.6 Å². The third-order valence-electron chi connectivity index (χ3n) is 7.77. The van der Waals surface area contributed by atoms with E-state index < -0.39 is 6.03 Å². The molecule has 2 aromatic carbocycles. The predicted molar refractivity (Wildman–Crippen MR) is 187 cm³/mol. The molecule has 0 aliphatic rings. The van der Waals surface area contributed by atoms with Gasteiger partial charge in [-0.3, -0.25) is 14.3 Å². The maximum Gasteiger partial charge on any atom is 0.323 e. The van der Waals surface area contributed by atoms with Crippen LogP contribution in [0, 0.1) is 0 Å². The fraction of sp³-hybridized carbons (Fsp3) is 0.263. The van der Waals surface area contributed by atoms with E-state index in [1.807, 2.05) is 79.7 Å². The van der Waals surface area contributed by atoms with Crippen molar-refractivity contribution in [2.45, 2.75) is 59.4 Å². The number of benzene rings is 2.